The Hall–Kier alpha value is -2.04. The maximum Gasteiger partial charge on any atom is 0.336 e. The molecule has 0 fully saturated rings. The van der Waals surface area contributed by atoms with Gasteiger partial charge in [-0.15, -0.1) is 0 Å². The molecule has 20 heavy (non-hydrogen) atoms. The molecule has 0 unspecified atom stereocenters. The maximum absolute atomic E-state index is 11.9. The van der Waals surface area contributed by atoms with Gasteiger partial charge in [-0.1, -0.05) is 25.8 Å². The minimum absolute atomic E-state index is 0.205. The van der Waals surface area contributed by atoms with E-state index in [-0.39, 0.29) is 11.6 Å². The molecule has 0 saturated heterocycles. The zero-order valence-electron chi connectivity index (χ0n) is 12.3. The first-order valence-electron chi connectivity index (χ1n) is 6.81. The quantitative estimate of drug-likeness (QED) is 0.784. The minimum Gasteiger partial charge on any atom is -0.478 e. The standard InChI is InChI=1S/C15H22N2O3/c1-4-5-6-9-17(3)15(20)16-12-8-7-11(2)13(10-12)14(18)19/h7-8,10H,4-6,9H2,1-3H3,(H,16,20)(H,18,19). The number of hydrogen-bond acceptors (Lipinski definition) is 2. The second kappa shape index (κ2) is 7.53. The predicted molar refractivity (Wildman–Crippen MR) is 79.3 cm³/mol. The Morgan fingerprint density at radius 1 is 1.30 bits per heavy atom. The number of anilines is 1. The van der Waals surface area contributed by atoms with Crippen molar-refractivity contribution in [1.82, 2.24) is 4.90 Å². The summed E-state index contributed by atoms with van der Waals surface area (Å²) in [6.07, 6.45) is 3.16. The number of carbonyl (C=O) groups excluding carboxylic acids is 1. The third-order valence-corrected chi connectivity index (χ3v) is 3.16. The number of amides is 2. The van der Waals surface area contributed by atoms with Crippen molar-refractivity contribution in [3.63, 3.8) is 0 Å². The average Bonchev–Trinajstić information content (AvgIpc) is 2.40. The van der Waals surface area contributed by atoms with Gasteiger partial charge in [0.1, 0.15) is 0 Å². The second-order valence-electron chi connectivity index (χ2n) is 4.89. The average molecular weight is 278 g/mol. The SMILES string of the molecule is CCCCCN(C)C(=O)Nc1ccc(C)c(C(=O)O)c1. The molecule has 5 nitrogen and oxygen atoms in total. The number of nitrogens with one attached hydrogen (secondary N) is 1. The predicted octanol–water partition coefficient (Wildman–Crippen LogP) is 3.35. The zero-order chi connectivity index (χ0) is 15.1. The molecule has 0 heterocycles. The van der Waals surface area contributed by atoms with Crippen LogP contribution in [0.15, 0.2) is 18.2 Å². The molecule has 1 aromatic carbocycles. The van der Waals surface area contributed by atoms with Crippen molar-refractivity contribution in [1.29, 1.82) is 0 Å². The third-order valence-electron chi connectivity index (χ3n) is 3.16. The largest absolute Gasteiger partial charge is 0.478 e. The van der Waals surface area contributed by atoms with Crippen molar-refractivity contribution in [3.8, 4) is 0 Å². The van der Waals surface area contributed by atoms with E-state index in [1.165, 1.54) is 6.07 Å². The highest BCUT2D eigenvalue weighted by Gasteiger charge is 2.11. The molecule has 2 amide bonds. The lowest BCUT2D eigenvalue weighted by Gasteiger charge is -2.18. The van der Waals surface area contributed by atoms with Gasteiger partial charge in [0.05, 0.1) is 5.56 Å². The van der Waals surface area contributed by atoms with Crippen LogP contribution in [0.4, 0.5) is 10.5 Å². The number of carboxylic acids is 1. The molecule has 2 N–H and O–H groups in total. The van der Waals surface area contributed by atoms with E-state index < -0.39 is 5.97 Å². The van der Waals surface area contributed by atoms with Crippen molar-refractivity contribution in [3.05, 3.63) is 29.3 Å². The van der Waals surface area contributed by atoms with Crippen molar-refractivity contribution >= 4 is 17.7 Å². The summed E-state index contributed by atoms with van der Waals surface area (Å²) < 4.78 is 0. The van der Waals surface area contributed by atoms with Crippen LogP contribution in [0.25, 0.3) is 0 Å². The van der Waals surface area contributed by atoms with E-state index in [2.05, 4.69) is 12.2 Å². The molecule has 0 aliphatic rings. The lowest BCUT2D eigenvalue weighted by molar-refractivity contribution is 0.0696. The Bertz CT molecular complexity index is 486. The number of urea groups is 1. The van der Waals surface area contributed by atoms with E-state index in [9.17, 15) is 9.59 Å². The van der Waals surface area contributed by atoms with Gasteiger partial charge < -0.3 is 15.3 Å². The highest BCUT2D eigenvalue weighted by atomic mass is 16.4. The first-order chi connectivity index (χ1) is 9.45. The van der Waals surface area contributed by atoms with E-state index in [0.29, 0.717) is 17.8 Å². The zero-order valence-corrected chi connectivity index (χ0v) is 12.3. The van der Waals surface area contributed by atoms with E-state index in [4.69, 9.17) is 5.11 Å². The van der Waals surface area contributed by atoms with E-state index in [0.717, 1.165) is 19.3 Å². The maximum atomic E-state index is 11.9. The number of aryl methyl sites for hydroxylation is 1. The van der Waals surface area contributed by atoms with Crippen LogP contribution in [0.3, 0.4) is 0 Å². The first kappa shape index (κ1) is 16.0. The fourth-order valence-corrected chi connectivity index (χ4v) is 1.85. The number of unbranched alkanes of at least 4 members (excludes halogenated alkanes) is 2. The normalized spacial score (nSPS) is 10.2. The Balaban J connectivity index is 2.66. The van der Waals surface area contributed by atoms with E-state index >= 15 is 0 Å². The number of carboxylic acid groups (broad SMARTS) is 1. The molecule has 0 aliphatic carbocycles. The van der Waals surface area contributed by atoms with Crippen LogP contribution in [0.5, 0.6) is 0 Å². The summed E-state index contributed by atoms with van der Waals surface area (Å²) in [5, 5.41) is 11.8. The van der Waals surface area contributed by atoms with Crippen LogP contribution in [-0.4, -0.2) is 35.6 Å². The highest BCUT2D eigenvalue weighted by Crippen LogP contribution is 2.15. The molecule has 0 aliphatic heterocycles. The monoisotopic (exact) mass is 278 g/mol. The van der Waals surface area contributed by atoms with Crippen molar-refractivity contribution in [2.75, 3.05) is 18.9 Å². The van der Waals surface area contributed by atoms with Gasteiger partial charge in [0.2, 0.25) is 0 Å². The molecule has 1 aromatic rings. The van der Waals surface area contributed by atoms with E-state index in [1.807, 2.05) is 0 Å². The fourth-order valence-electron chi connectivity index (χ4n) is 1.85. The lowest BCUT2D eigenvalue weighted by atomic mass is 10.1. The van der Waals surface area contributed by atoms with Gasteiger partial charge in [-0.25, -0.2) is 9.59 Å². The Morgan fingerprint density at radius 2 is 2.00 bits per heavy atom. The van der Waals surface area contributed by atoms with Crippen LogP contribution in [0.1, 0.15) is 42.1 Å². The van der Waals surface area contributed by atoms with Gasteiger partial charge in [0, 0.05) is 19.3 Å². The summed E-state index contributed by atoms with van der Waals surface area (Å²) in [6.45, 7) is 4.53. The minimum atomic E-state index is -0.991. The topological polar surface area (TPSA) is 69.6 Å². The molecule has 0 bridgehead atoms. The van der Waals surface area contributed by atoms with Crippen LogP contribution in [0, 0.1) is 6.92 Å². The van der Waals surface area contributed by atoms with Crippen LogP contribution in [-0.2, 0) is 0 Å². The fraction of sp³-hybridized carbons (Fsp3) is 0.467. The van der Waals surface area contributed by atoms with Gasteiger partial charge in [-0.2, -0.15) is 0 Å². The van der Waals surface area contributed by atoms with Crippen LogP contribution in [0.2, 0.25) is 0 Å². The van der Waals surface area contributed by atoms with Crippen LogP contribution >= 0.6 is 0 Å². The summed E-state index contributed by atoms with van der Waals surface area (Å²) >= 11 is 0. The molecular formula is C15H22N2O3. The Morgan fingerprint density at radius 3 is 2.60 bits per heavy atom. The molecule has 0 radical (unpaired) electrons. The Kier molecular flexibility index (Phi) is 6.03. The summed E-state index contributed by atoms with van der Waals surface area (Å²) in [7, 11) is 1.73. The molecule has 0 aromatic heterocycles. The number of aromatic carboxylic acids is 1. The molecule has 5 heteroatoms. The molecule has 110 valence electrons. The number of nitrogens with zero attached hydrogens (tertiary/aromatic N) is 1. The number of rotatable bonds is 6. The molecular weight excluding hydrogens is 256 g/mol. The lowest BCUT2D eigenvalue weighted by Crippen LogP contribution is -2.32. The Labute approximate surface area is 119 Å². The third kappa shape index (κ3) is 4.57. The molecule has 0 saturated carbocycles. The van der Waals surface area contributed by atoms with Crippen molar-refractivity contribution in [2.45, 2.75) is 33.1 Å². The molecule has 0 atom stereocenters. The summed E-state index contributed by atoms with van der Waals surface area (Å²) in [4.78, 5) is 24.6. The summed E-state index contributed by atoms with van der Waals surface area (Å²) in [5.41, 5.74) is 1.38. The highest BCUT2D eigenvalue weighted by molar-refractivity contribution is 5.94. The smallest absolute Gasteiger partial charge is 0.336 e. The molecule has 0 spiro atoms. The molecule has 1 rings (SSSR count). The second-order valence-corrected chi connectivity index (χ2v) is 4.89. The van der Waals surface area contributed by atoms with Gasteiger partial charge >= 0.3 is 12.0 Å². The van der Waals surface area contributed by atoms with Gasteiger partial charge in [0.25, 0.3) is 0 Å². The van der Waals surface area contributed by atoms with Gasteiger partial charge in [-0.05, 0) is 31.0 Å². The summed E-state index contributed by atoms with van der Waals surface area (Å²) in [5.74, 6) is -0.991. The van der Waals surface area contributed by atoms with Crippen molar-refractivity contribution in [2.24, 2.45) is 0 Å². The van der Waals surface area contributed by atoms with Crippen molar-refractivity contribution < 1.29 is 14.7 Å². The van der Waals surface area contributed by atoms with E-state index in [1.54, 1.807) is 31.0 Å². The van der Waals surface area contributed by atoms with Crippen LogP contribution < -0.4 is 5.32 Å². The number of hydrogen-bond donors (Lipinski definition) is 2. The summed E-state index contributed by atoms with van der Waals surface area (Å²) in [6, 6.07) is 4.66. The van der Waals surface area contributed by atoms with Gasteiger partial charge in [-0.3, -0.25) is 0 Å². The first-order valence-corrected chi connectivity index (χ1v) is 6.81. The number of benzene rings is 1. The van der Waals surface area contributed by atoms with Gasteiger partial charge in [0.15, 0.2) is 0 Å². The number of carbonyl (C=O) groups is 2.